The summed E-state index contributed by atoms with van der Waals surface area (Å²) in [6.07, 6.45) is 3.41. The highest BCUT2D eigenvalue weighted by Crippen LogP contribution is 2.20. The minimum Gasteiger partial charge on any atom is -0.313 e. The number of nitrogens with zero attached hydrogens (tertiary/aromatic N) is 1. The molecule has 5 nitrogen and oxygen atoms in total. The van der Waals surface area contributed by atoms with Gasteiger partial charge in [0.2, 0.25) is 10.0 Å². The third kappa shape index (κ3) is 4.56. The predicted molar refractivity (Wildman–Crippen MR) is 76.4 cm³/mol. The van der Waals surface area contributed by atoms with Crippen molar-refractivity contribution in [1.82, 2.24) is 10.3 Å². The van der Waals surface area contributed by atoms with Crippen LogP contribution in [0.2, 0.25) is 0 Å². The van der Waals surface area contributed by atoms with E-state index in [2.05, 4.69) is 31.1 Å². The van der Waals surface area contributed by atoms with Gasteiger partial charge in [-0.15, -0.1) is 0 Å². The number of pyridine rings is 1. The van der Waals surface area contributed by atoms with Gasteiger partial charge < -0.3 is 5.32 Å². The Labute approximate surface area is 115 Å². The molecular formula is C13H23N3O2S. The Morgan fingerprint density at radius 2 is 2.05 bits per heavy atom. The number of aromatic nitrogens is 1. The molecule has 19 heavy (non-hydrogen) atoms. The first-order valence-electron chi connectivity index (χ1n) is 6.62. The molecule has 0 amide bonds. The zero-order valence-corrected chi connectivity index (χ0v) is 12.6. The van der Waals surface area contributed by atoms with Gasteiger partial charge in [0, 0.05) is 23.9 Å². The minimum atomic E-state index is -3.66. The predicted octanol–water partition coefficient (Wildman–Crippen LogP) is 1.61. The lowest BCUT2D eigenvalue weighted by Crippen LogP contribution is -2.34. The van der Waals surface area contributed by atoms with Gasteiger partial charge in [0.25, 0.3) is 0 Å². The molecule has 0 fully saturated rings. The van der Waals surface area contributed by atoms with Crippen molar-refractivity contribution in [2.75, 3.05) is 6.54 Å². The molecule has 3 N–H and O–H groups in total. The zero-order valence-electron chi connectivity index (χ0n) is 11.8. The number of rotatable bonds is 7. The van der Waals surface area contributed by atoms with Crippen molar-refractivity contribution in [3.05, 3.63) is 24.0 Å². The summed E-state index contributed by atoms with van der Waals surface area (Å²) in [5.74, 6) is 0.228. The fourth-order valence-corrected chi connectivity index (χ4v) is 2.50. The largest absolute Gasteiger partial charge is 0.313 e. The molecule has 2 atom stereocenters. The van der Waals surface area contributed by atoms with E-state index in [1.54, 1.807) is 6.07 Å². The topological polar surface area (TPSA) is 85.1 Å². The maximum atomic E-state index is 11.2. The molecule has 0 aliphatic rings. The lowest BCUT2D eigenvalue weighted by atomic mass is 9.95. The summed E-state index contributed by atoms with van der Waals surface area (Å²) in [5, 5.41) is 8.53. The lowest BCUT2D eigenvalue weighted by Gasteiger charge is -2.23. The van der Waals surface area contributed by atoms with Crippen molar-refractivity contribution in [2.45, 2.75) is 50.5 Å². The van der Waals surface area contributed by atoms with Crippen LogP contribution >= 0.6 is 0 Å². The molecule has 2 unspecified atom stereocenters. The zero-order chi connectivity index (χ0) is 14.5. The summed E-state index contributed by atoms with van der Waals surface area (Å²) in [7, 11) is -3.66. The molecule has 1 rings (SSSR count). The molecule has 1 aromatic rings. The van der Waals surface area contributed by atoms with E-state index in [4.69, 9.17) is 5.14 Å². The van der Waals surface area contributed by atoms with Crippen LogP contribution in [0.5, 0.6) is 0 Å². The molecule has 0 aromatic carbocycles. The van der Waals surface area contributed by atoms with E-state index in [0.717, 1.165) is 25.1 Å². The third-order valence-electron chi connectivity index (χ3n) is 3.25. The summed E-state index contributed by atoms with van der Waals surface area (Å²) in [4.78, 5) is 4.28. The van der Waals surface area contributed by atoms with Crippen LogP contribution in [0.4, 0.5) is 0 Å². The van der Waals surface area contributed by atoms with Crippen LogP contribution < -0.4 is 10.5 Å². The Balaban J connectivity index is 2.84. The summed E-state index contributed by atoms with van der Waals surface area (Å²) < 4.78 is 22.3. The molecule has 0 radical (unpaired) electrons. The first kappa shape index (κ1) is 16.1. The van der Waals surface area contributed by atoms with E-state index in [1.165, 1.54) is 12.3 Å². The van der Waals surface area contributed by atoms with Gasteiger partial charge in [0.1, 0.15) is 4.90 Å². The van der Waals surface area contributed by atoms with Crippen molar-refractivity contribution in [3.63, 3.8) is 0 Å². The Hall–Kier alpha value is -0.980. The second-order valence-electron chi connectivity index (χ2n) is 4.72. The van der Waals surface area contributed by atoms with Crippen LogP contribution in [0.3, 0.4) is 0 Å². The van der Waals surface area contributed by atoms with Gasteiger partial charge in [-0.2, -0.15) is 0 Å². The minimum absolute atomic E-state index is 0.0537. The molecule has 6 heteroatoms. The van der Waals surface area contributed by atoms with Crippen molar-refractivity contribution in [1.29, 1.82) is 0 Å². The first-order valence-corrected chi connectivity index (χ1v) is 8.16. The van der Waals surface area contributed by atoms with E-state index < -0.39 is 10.0 Å². The van der Waals surface area contributed by atoms with Crippen molar-refractivity contribution in [2.24, 2.45) is 5.14 Å². The maximum absolute atomic E-state index is 11.2. The van der Waals surface area contributed by atoms with Gasteiger partial charge in [0.15, 0.2) is 0 Å². The van der Waals surface area contributed by atoms with Crippen molar-refractivity contribution in [3.8, 4) is 0 Å². The van der Waals surface area contributed by atoms with E-state index in [9.17, 15) is 8.42 Å². The van der Waals surface area contributed by atoms with E-state index >= 15 is 0 Å². The lowest BCUT2D eigenvalue weighted by molar-refractivity contribution is 0.432. The standard InChI is InChI=1S/C13H23N3O2S/c1-4-8-15-12(5-2)10(3)13-7-6-11(9-16-13)19(14,17)18/h6-7,9-10,12,15H,4-5,8H2,1-3H3,(H2,14,17,18). The number of hydrogen-bond acceptors (Lipinski definition) is 4. The van der Waals surface area contributed by atoms with Crippen LogP contribution in [0, 0.1) is 0 Å². The molecule has 1 heterocycles. The Bertz CT molecular complexity index is 485. The number of sulfonamides is 1. The van der Waals surface area contributed by atoms with Gasteiger partial charge in [-0.05, 0) is 31.5 Å². The first-order chi connectivity index (χ1) is 8.90. The SMILES string of the molecule is CCCNC(CC)C(C)c1ccc(S(N)(=O)=O)cn1. The Kier molecular flexibility index (Phi) is 5.90. The molecule has 0 saturated carbocycles. The monoisotopic (exact) mass is 285 g/mol. The van der Waals surface area contributed by atoms with Crippen molar-refractivity contribution < 1.29 is 8.42 Å². The van der Waals surface area contributed by atoms with E-state index in [0.29, 0.717) is 6.04 Å². The van der Waals surface area contributed by atoms with Crippen LogP contribution in [0.1, 0.15) is 45.2 Å². The summed E-state index contributed by atoms with van der Waals surface area (Å²) in [6.45, 7) is 7.32. The van der Waals surface area contributed by atoms with E-state index in [1.807, 2.05) is 0 Å². The van der Waals surface area contributed by atoms with Crippen LogP contribution in [0.15, 0.2) is 23.2 Å². The molecule has 0 spiro atoms. The average molecular weight is 285 g/mol. The van der Waals surface area contributed by atoms with Gasteiger partial charge in [0.05, 0.1) is 0 Å². The fraction of sp³-hybridized carbons (Fsp3) is 0.615. The smallest absolute Gasteiger partial charge is 0.239 e. The van der Waals surface area contributed by atoms with Gasteiger partial charge in [-0.25, -0.2) is 13.6 Å². The van der Waals surface area contributed by atoms with Crippen molar-refractivity contribution >= 4 is 10.0 Å². The Morgan fingerprint density at radius 1 is 1.37 bits per heavy atom. The molecular weight excluding hydrogens is 262 g/mol. The maximum Gasteiger partial charge on any atom is 0.239 e. The average Bonchev–Trinajstić information content (AvgIpc) is 2.38. The van der Waals surface area contributed by atoms with Crippen LogP contribution in [-0.2, 0) is 10.0 Å². The third-order valence-corrected chi connectivity index (χ3v) is 4.15. The number of nitrogens with two attached hydrogens (primary N) is 1. The molecule has 0 saturated heterocycles. The highest BCUT2D eigenvalue weighted by molar-refractivity contribution is 7.89. The molecule has 1 aromatic heterocycles. The van der Waals surface area contributed by atoms with Gasteiger partial charge in [-0.3, -0.25) is 4.98 Å². The molecule has 108 valence electrons. The number of nitrogens with one attached hydrogen (secondary N) is 1. The molecule has 0 aliphatic carbocycles. The molecule has 0 aliphatic heterocycles. The van der Waals surface area contributed by atoms with E-state index in [-0.39, 0.29) is 10.8 Å². The second kappa shape index (κ2) is 6.98. The summed E-state index contributed by atoms with van der Waals surface area (Å²) in [5.41, 5.74) is 0.878. The number of hydrogen-bond donors (Lipinski definition) is 2. The summed E-state index contributed by atoms with van der Waals surface area (Å²) >= 11 is 0. The second-order valence-corrected chi connectivity index (χ2v) is 6.28. The fourth-order valence-electron chi connectivity index (χ4n) is 2.04. The van der Waals surface area contributed by atoms with Gasteiger partial charge in [-0.1, -0.05) is 20.8 Å². The quantitative estimate of drug-likeness (QED) is 0.797. The Morgan fingerprint density at radius 3 is 2.47 bits per heavy atom. The normalized spacial score (nSPS) is 15.2. The van der Waals surface area contributed by atoms with Crippen LogP contribution in [-0.4, -0.2) is 26.0 Å². The van der Waals surface area contributed by atoms with Crippen LogP contribution in [0.25, 0.3) is 0 Å². The number of primary sulfonamides is 1. The molecule has 0 bridgehead atoms. The highest BCUT2D eigenvalue weighted by Gasteiger charge is 2.18. The van der Waals surface area contributed by atoms with Gasteiger partial charge >= 0.3 is 0 Å². The highest BCUT2D eigenvalue weighted by atomic mass is 32.2. The summed E-state index contributed by atoms with van der Waals surface area (Å²) in [6, 6.07) is 3.59.